The molecule has 33 heteroatoms. The number of ether oxygens (including phenoxy) is 1. The molecule has 3 aromatic rings. The molecule has 3 aromatic heterocycles. The molecule has 7 atom stereocenters. The first kappa shape index (κ1) is 52.8. The van der Waals surface area contributed by atoms with Gasteiger partial charge >= 0.3 is 23.5 Å². The summed E-state index contributed by atoms with van der Waals surface area (Å²) in [6.45, 7) is 0.624. The molecule has 1 saturated heterocycles. The first-order valence-electron chi connectivity index (χ1n) is 19.0. The number of nitrogens with one attached hydrogen (secondary N) is 3. The lowest BCUT2D eigenvalue weighted by molar-refractivity contribution is -0.137. The third-order valence-corrected chi connectivity index (χ3v) is 13.3. The van der Waals surface area contributed by atoms with Crippen LogP contribution in [0.1, 0.15) is 52.2 Å². The van der Waals surface area contributed by atoms with E-state index in [1.54, 1.807) is 0 Å². The summed E-state index contributed by atoms with van der Waals surface area (Å²) in [6, 6.07) is 1.38. The van der Waals surface area contributed by atoms with Gasteiger partial charge < -0.3 is 61.1 Å². The van der Waals surface area contributed by atoms with Gasteiger partial charge in [0.25, 0.3) is 0 Å². The van der Waals surface area contributed by atoms with E-state index in [0.29, 0.717) is 36.5 Å². The lowest BCUT2D eigenvalue weighted by atomic mass is 9.87. The van der Waals surface area contributed by atoms with E-state index in [2.05, 4.69) is 34.4 Å². The lowest BCUT2D eigenvalue weighted by Crippen LogP contribution is -2.46. The van der Waals surface area contributed by atoms with E-state index in [9.17, 15) is 68.1 Å². The van der Waals surface area contributed by atoms with Gasteiger partial charge in [0.05, 0.1) is 24.4 Å². The second-order valence-electron chi connectivity index (χ2n) is 14.6. The highest BCUT2D eigenvalue weighted by Gasteiger charge is 2.50. The van der Waals surface area contributed by atoms with E-state index >= 15 is 0 Å². The third kappa shape index (κ3) is 15.1. The van der Waals surface area contributed by atoms with Gasteiger partial charge in [-0.2, -0.15) is 4.31 Å². The van der Waals surface area contributed by atoms with Crippen LogP contribution in [0.2, 0.25) is 0 Å². The average molecular weight is 993 g/mol. The number of rotatable bonds is 26. The Kier molecular flexibility index (Phi) is 18.7. The summed E-state index contributed by atoms with van der Waals surface area (Å²) in [5.74, 6) is 3.22. The number of imidazole rings is 1. The number of amides is 3. The van der Waals surface area contributed by atoms with Crippen molar-refractivity contribution in [2.75, 3.05) is 37.8 Å². The van der Waals surface area contributed by atoms with Crippen molar-refractivity contribution in [3.63, 3.8) is 0 Å². The number of nitrogens with two attached hydrogens (primary N) is 2. The second-order valence-corrected chi connectivity index (χ2v) is 20.0. The van der Waals surface area contributed by atoms with Gasteiger partial charge in [-0.15, -0.1) is 11.8 Å². The predicted molar refractivity (Wildman–Crippen MR) is 219 cm³/mol. The molecule has 0 bridgehead atoms. The summed E-state index contributed by atoms with van der Waals surface area (Å²) < 4.78 is 63.6. The van der Waals surface area contributed by atoms with Gasteiger partial charge in [0.15, 0.2) is 23.6 Å². The molecular formula is C31H51N10O19P3S. The minimum Gasteiger partial charge on any atom is -0.494 e. The number of hydrogen-bond acceptors (Lipinski definition) is 21. The Hall–Kier alpha value is -3.80. The quantitative estimate of drug-likeness (QED) is 0.0114. The van der Waals surface area contributed by atoms with Crippen LogP contribution in [0.4, 0.5) is 5.82 Å². The monoisotopic (exact) mass is 992 g/mol. The molecule has 0 aliphatic carbocycles. The van der Waals surface area contributed by atoms with Crippen LogP contribution < -0.4 is 27.6 Å². The maximum atomic E-state index is 12.7. The molecule has 3 amide bonds. The second kappa shape index (κ2) is 22.6. The summed E-state index contributed by atoms with van der Waals surface area (Å²) in [6.07, 6.45) is -5.00. The largest absolute Gasteiger partial charge is 0.494 e. The molecule has 1 fully saturated rings. The van der Waals surface area contributed by atoms with Crippen molar-refractivity contribution in [1.82, 2.24) is 40.1 Å². The topological polar surface area (TPSA) is 447 Å². The molecule has 3 unspecified atom stereocenters. The molecule has 0 spiro atoms. The number of hydrogen-bond donors (Lipinski definition) is 13. The fraction of sp³-hybridized carbons (Fsp3) is 0.613. The maximum Gasteiger partial charge on any atom is 0.481 e. The summed E-state index contributed by atoms with van der Waals surface area (Å²) in [5, 5.41) is 47.2. The van der Waals surface area contributed by atoms with Gasteiger partial charge in [-0.1, -0.05) is 20.3 Å². The number of nitrogen functional groups attached to an aromatic ring is 1. The first-order chi connectivity index (χ1) is 29.8. The van der Waals surface area contributed by atoms with Gasteiger partial charge in [-0.3, -0.25) is 42.5 Å². The minimum atomic E-state index is -5.60. The number of phosphoric ester groups is 3. The molecule has 1 aliphatic heterocycles. The molecular weight excluding hydrogens is 941 g/mol. The van der Waals surface area contributed by atoms with Gasteiger partial charge in [-0.05, 0) is 12.8 Å². The predicted octanol–water partition coefficient (Wildman–Crippen LogP) is -1.04. The van der Waals surface area contributed by atoms with Crippen LogP contribution in [0.15, 0.2) is 23.6 Å². The number of aliphatic hydroxyl groups is 2. The van der Waals surface area contributed by atoms with Crippen LogP contribution >= 0.6 is 35.2 Å². The van der Waals surface area contributed by atoms with Crippen LogP contribution in [0.5, 0.6) is 11.8 Å². The molecule has 0 radical (unpaired) electrons. The smallest absolute Gasteiger partial charge is 0.481 e. The number of carbonyl (C=O) groups excluding carboxylic acids is 3. The normalized spacial score (nSPS) is 20.4. The highest BCUT2D eigenvalue weighted by molar-refractivity contribution is 7.99. The zero-order valence-corrected chi connectivity index (χ0v) is 37.6. The fourth-order valence-corrected chi connectivity index (χ4v) is 9.60. The average Bonchev–Trinajstić information content (AvgIpc) is 3.86. The summed E-state index contributed by atoms with van der Waals surface area (Å²) in [7, 11) is -16.5. The lowest BCUT2D eigenvalue weighted by Gasteiger charge is -2.30. The van der Waals surface area contributed by atoms with Gasteiger partial charge in [0, 0.05) is 49.7 Å². The van der Waals surface area contributed by atoms with Crippen LogP contribution in [0.3, 0.4) is 0 Å². The van der Waals surface area contributed by atoms with Gasteiger partial charge in [0.1, 0.15) is 36.3 Å². The number of anilines is 1. The van der Waals surface area contributed by atoms with E-state index in [-0.39, 0.29) is 60.6 Å². The molecule has 4 heterocycles. The third-order valence-electron chi connectivity index (χ3n) is 9.22. The van der Waals surface area contributed by atoms with Gasteiger partial charge in [0.2, 0.25) is 23.6 Å². The SMILES string of the molecule is CC(C)(COP(=O)(O)OP(=O)(O)OC[C@H]1O[C@@H](n2cnc3c(N)ncnc32)[C@@H](O)C1OP(=O)(O)O)[C@@H](O)C(=O)NCCC(=O)NCCSc1cc(O)n(CCCCCC(=O)NN)c1O. The van der Waals surface area contributed by atoms with Crippen molar-refractivity contribution in [2.45, 2.75) is 88.0 Å². The van der Waals surface area contributed by atoms with E-state index in [1.165, 1.54) is 36.2 Å². The number of aliphatic hydroxyl groups excluding tert-OH is 2. The molecule has 0 aromatic carbocycles. The number of aromatic nitrogens is 5. The van der Waals surface area contributed by atoms with Crippen molar-refractivity contribution in [1.29, 1.82) is 0 Å². The fourth-order valence-electron chi connectivity index (χ4n) is 5.92. The van der Waals surface area contributed by atoms with Crippen molar-refractivity contribution in [3.8, 4) is 11.8 Å². The number of aromatic hydroxyl groups is 2. The Balaban J connectivity index is 1.18. The van der Waals surface area contributed by atoms with Crippen molar-refractivity contribution < 1.29 is 90.7 Å². The first-order valence-corrected chi connectivity index (χ1v) is 24.5. The molecule has 29 nitrogen and oxygen atoms in total. The summed E-state index contributed by atoms with van der Waals surface area (Å²) in [4.78, 5) is 87.7. The Bertz CT molecular complexity index is 2240. The number of phosphoric acid groups is 3. The standard InChI is InChI=1S/C31H51N10O19P3S/c1-31(2,25(46)28(47)35-8-7-19(42)34-9-11-64-18-12-21(44)40(29(18)48)10-5-3-4-6-20(43)39-33)14-57-63(54,55)60-62(52,53)56-13-17-24(59-61(49,50)51)23(45)30(58-17)41-16-38-22-26(32)36-15-37-27(22)41/h12,15-17,23-25,30,44-46,48H,3-11,13-14,33H2,1-2H3,(H,34,42)(H,35,47)(H,39,43)(H,52,53)(H,54,55)(H2,32,36,37)(H2,49,50,51)/t17-,23+,24?,25+,30-/m1/s1. The Labute approximate surface area is 367 Å². The Morgan fingerprint density at radius 2 is 1.69 bits per heavy atom. The molecule has 4 rings (SSSR count). The molecule has 1 aliphatic rings. The number of fused-ring (bicyclic) bond motifs is 1. The molecule has 360 valence electrons. The van der Waals surface area contributed by atoms with Crippen molar-refractivity contribution >= 4 is 69.9 Å². The number of nitrogens with zero attached hydrogens (tertiary/aromatic N) is 5. The number of thioether (sulfide) groups is 1. The highest BCUT2D eigenvalue weighted by atomic mass is 32.2. The van der Waals surface area contributed by atoms with E-state index in [4.69, 9.17) is 25.4 Å². The van der Waals surface area contributed by atoms with E-state index < -0.39 is 84.6 Å². The van der Waals surface area contributed by atoms with Crippen LogP contribution in [-0.2, 0) is 57.2 Å². The molecule has 64 heavy (non-hydrogen) atoms. The zero-order chi connectivity index (χ0) is 47.6. The maximum absolute atomic E-state index is 12.7. The number of unbranched alkanes of at least 4 members (excludes halogenated alkanes) is 2. The Morgan fingerprint density at radius 3 is 2.38 bits per heavy atom. The van der Waals surface area contributed by atoms with Crippen LogP contribution in [0.25, 0.3) is 11.2 Å². The Morgan fingerprint density at radius 1 is 0.984 bits per heavy atom. The number of hydrazine groups is 1. The highest BCUT2D eigenvalue weighted by Crippen LogP contribution is 2.61. The summed E-state index contributed by atoms with van der Waals surface area (Å²) in [5.41, 5.74) is 6.25. The van der Waals surface area contributed by atoms with Gasteiger partial charge in [-0.25, -0.2) is 34.5 Å². The molecule has 15 N–H and O–H groups in total. The van der Waals surface area contributed by atoms with Crippen molar-refractivity contribution in [2.24, 2.45) is 11.3 Å². The summed E-state index contributed by atoms with van der Waals surface area (Å²) >= 11 is 1.17. The van der Waals surface area contributed by atoms with Crippen LogP contribution in [0, 0.1) is 5.41 Å². The van der Waals surface area contributed by atoms with Crippen LogP contribution in [-0.4, -0.2) is 138 Å². The van der Waals surface area contributed by atoms with Crippen molar-refractivity contribution in [3.05, 3.63) is 18.7 Å². The van der Waals surface area contributed by atoms with E-state index in [1.807, 2.05) is 5.43 Å². The minimum absolute atomic E-state index is 0.0200. The number of carbonyl (C=O) groups is 3. The zero-order valence-electron chi connectivity index (χ0n) is 34.1. The van der Waals surface area contributed by atoms with E-state index in [0.717, 1.165) is 17.2 Å². The molecule has 0 saturated carbocycles.